The second-order valence-corrected chi connectivity index (χ2v) is 7.56. The number of anilines is 2. The molecule has 1 heterocycles. The fraction of sp³-hybridized carbons (Fsp3) is 0.318. The molecule has 2 N–H and O–H groups in total. The van der Waals surface area contributed by atoms with Gasteiger partial charge < -0.3 is 20.3 Å². The highest BCUT2D eigenvalue weighted by Crippen LogP contribution is 2.27. The topological polar surface area (TPSA) is 87.7 Å². The van der Waals surface area contributed by atoms with E-state index in [9.17, 15) is 18.8 Å². The van der Waals surface area contributed by atoms with Gasteiger partial charge in [-0.25, -0.2) is 4.39 Å². The normalized spacial score (nSPS) is 15.6. The Morgan fingerprint density at radius 1 is 1.23 bits per heavy atom. The van der Waals surface area contributed by atoms with E-state index >= 15 is 0 Å². The number of hydrogen-bond donors (Lipinski definition) is 2. The minimum Gasteiger partial charge on any atom is -0.484 e. The van der Waals surface area contributed by atoms with E-state index in [1.54, 1.807) is 29.2 Å². The SMILES string of the molecule is CCCNC(=O)C1CC(=O)N(c2ccc(OCC(=O)Nc3ccc(F)c(Cl)c3)cc2)C1. The molecule has 0 saturated carbocycles. The molecule has 0 aliphatic carbocycles. The van der Waals surface area contributed by atoms with Crippen LogP contribution in [-0.4, -0.2) is 37.4 Å². The van der Waals surface area contributed by atoms with Crippen LogP contribution in [-0.2, 0) is 14.4 Å². The molecule has 2 aromatic carbocycles. The molecule has 164 valence electrons. The molecule has 0 spiro atoms. The van der Waals surface area contributed by atoms with E-state index in [2.05, 4.69) is 10.6 Å². The summed E-state index contributed by atoms with van der Waals surface area (Å²) in [5.41, 5.74) is 1.02. The first-order valence-electron chi connectivity index (χ1n) is 9.93. The number of amides is 3. The van der Waals surface area contributed by atoms with Crippen LogP contribution in [0.15, 0.2) is 42.5 Å². The Kier molecular flexibility index (Phi) is 7.46. The van der Waals surface area contributed by atoms with Crippen molar-refractivity contribution in [1.29, 1.82) is 0 Å². The summed E-state index contributed by atoms with van der Waals surface area (Å²) in [7, 11) is 0. The maximum absolute atomic E-state index is 13.2. The third kappa shape index (κ3) is 5.95. The van der Waals surface area contributed by atoms with Crippen molar-refractivity contribution in [2.75, 3.05) is 29.9 Å². The van der Waals surface area contributed by atoms with Gasteiger partial charge in [-0.1, -0.05) is 18.5 Å². The van der Waals surface area contributed by atoms with Crippen molar-refractivity contribution in [3.63, 3.8) is 0 Å². The predicted molar refractivity (Wildman–Crippen MR) is 116 cm³/mol. The molecule has 3 amide bonds. The highest BCUT2D eigenvalue weighted by molar-refractivity contribution is 6.31. The van der Waals surface area contributed by atoms with Crippen molar-refractivity contribution in [3.05, 3.63) is 53.3 Å². The molecule has 3 rings (SSSR count). The third-order valence-corrected chi connectivity index (χ3v) is 5.06. The average molecular weight is 448 g/mol. The van der Waals surface area contributed by atoms with Crippen LogP contribution in [0, 0.1) is 11.7 Å². The molecule has 0 bridgehead atoms. The lowest BCUT2D eigenvalue weighted by Gasteiger charge is -2.17. The Morgan fingerprint density at radius 2 is 1.97 bits per heavy atom. The molecule has 0 radical (unpaired) electrons. The summed E-state index contributed by atoms with van der Waals surface area (Å²) in [5.74, 6) is -1.13. The largest absolute Gasteiger partial charge is 0.484 e. The van der Waals surface area contributed by atoms with E-state index in [0.717, 1.165) is 12.5 Å². The number of halogens is 2. The first kappa shape index (κ1) is 22.6. The quantitative estimate of drug-likeness (QED) is 0.649. The summed E-state index contributed by atoms with van der Waals surface area (Å²) in [6.07, 6.45) is 1.02. The fourth-order valence-corrected chi connectivity index (χ4v) is 3.35. The average Bonchev–Trinajstić information content (AvgIpc) is 3.15. The van der Waals surface area contributed by atoms with Crippen LogP contribution in [0.4, 0.5) is 15.8 Å². The zero-order valence-electron chi connectivity index (χ0n) is 17.0. The maximum atomic E-state index is 13.2. The second-order valence-electron chi connectivity index (χ2n) is 7.16. The Bertz CT molecular complexity index is 968. The second kappa shape index (κ2) is 10.3. The van der Waals surface area contributed by atoms with Crippen LogP contribution >= 0.6 is 11.6 Å². The number of carbonyl (C=O) groups excluding carboxylic acids is 3. The van der Waals surface area contributed by atoms with Gasteiger partial charge in [0, 0.05) is 30.9 Å². The monoisotopic (exact) mass is 447 g/mol. The lowest BCUT2D eigenvalue weighted by Crippen LogP contribution is -2.33. The molecule has 1 saturated heterocycles. The number of nitrogens with zero attached hydrogens (tertiary/aromatic N) is 1. The Hall–Kier alpha value is -3.13. The van der Waals surface area contributed by atoms with Crippen molar-refractivity contribution in [2.24, 2.45) is 5.92 Å². The van der Waals surface area contributed by atoms with E-state index in [1.807, 2.05) is 6.92 Å². The Balaban J connectivity index is 1.52. The maximum Gasteiger partial charge on any atom is 0.262 e. The van der Waals surface area contributed by atoms with E-state index < -0.39 is 11.7 Å². The van der Waals surface area contributed by atoms with Gasteiger partial charge in [-0.05, 0) is 48.9 Å². The summed E-state index contributed by atoms with van der Waals surface area (Å²) < 4.78 is 18.6. The van der Waals surface area contributed by atoms with Crippen LogP contribution in [0.5, 0.6) is 5.75 Å². The van der Waals surface area contributed by atoms with Crippen LogP contribution in [0.25, 0.3) is 0 Å². The summed E-state index contributed by atoms with van der Waals surface area (Å²) in [4.78, 5) is 38.0. The Labute approximate surface area is 184 Å². The van der Waals surface area contributed by atoms with E-state index in [4.69, 9.17) is 16.3 Å². The lowest BCUT2D eigenvalue weighted by molar-refractivity contribution is -0.126. The van der Waals surface area contributed by atoms with E-state index in [1.165, 1.54) is 12.1 Å². The third-order valence-electron chi connectivity index (χ3n) is 4.77. The molecule has 1 aliphatic heterocycles. The van der Waals surface area contributed by atoms with Crippen molar-refractivity contribution >= 4 is 40.7 Å². The molecule has 2 aromatic rings. The number of benzene rings is 2. The summed E-state index contributed by atoms with van der Waals surface area (Å²) in [6, 6.07) is 10.6. The first-order valence-corrected chi connectivity index (χ1v) is 10.3. The van der Waals surface area contributed by atoms with Crippen molar-refractivity contribution in [3.8, 4) is 5.75 Å². The number of hydrogen-bond acceptors (Lipinski definition) is 4. The summed E-state index contributed by atoms with van der Waals surface area (Å²) >= 11 is 5.69. The van der Waals surface area contributed by atoms with Gasteiger partial charge in [-0.3, -0.25) is 14.4 Å². The molecule has 31 heavy (non-hydrogen) atoms. The van der Waals surface area contributed by atoms with E-state index in [-0.39, 0.29) is 35.8 Å². The zero-order chi connectivity index (χ0) is 22.4. The van der Waals surface area contributed by atoms with Crippen molar-refractivity contribution in [1.82, 2.24) is 5.32 Å². The molecule has 1 atom stereocenters. The smallest absolute Gasteiger partial charge is 0.262 e. The first-order chi connectivity index (χ1) is 14.9. The molecule has 1 unspecified atom stereocenters. The van der Waals surface area contributed by atoms with Gasteiger partial charge >= 0.3 is 0 Å². The highest BCUT2D eigenvalue weighted by Gasteiger charge is 2.34. The van der Waals surface area contributed by atoms with Gasteiger partial charge in [0.2, 0.25) is 11.8 Å². The molecule has 0 aromatic heterocycles. The Morgan fingerprint density at radius 3 is 2.65 bits per heavy atom. The number of nitrogens with one attached hydrogen (secondary N) is 2. The fourth-order valence-electron chi connectivity index (χ4n) is 3.17. The molecule has 1 fully saturated rings. The number of ether oxygens (including phenoxy) is 1. The van der Waals surface area contributed by atoms with E-state index in [0.29, 0.717) is 30.2 Å². The number of rotatable bonds is 8. The minimum absolute atomic E-state index is 0.0872. The van der Waals surface area contributed by atoms with Gasteiger partial charge in [0.25, 0.3) is 5.91 Å². The van der Waals surface area contributed by atoms with Crippen LogP contribution in [0.1, 0.15) is 19.8 Å². The highest BCUT2D eigenvalue weighted by atomic mass is 35.5. The van der Waals surface area contributed by atoms with Crippen molar-refractivity contribution < 1.29 is 23.5 Å². The van der Waals surface area contributed by atoms with Gasteiger partial charge in [0.15, 0.2) is 6.61 Å². The van der Waals surface area contributed by atoms with Gasteiger partial charge in [0.05, 0.1) is 10.9 Å². The standard InChI is InChI=1S/C22H23ClFN3O4/c1-2-9-25-22(30)14-10-21(29)27(12-14)16-4-6-17(7-5-16)31-13-20(28)26-15-3-8-19(24)18(23)11-15/h3-8,11,14H,2,9-10,12-13H2,1H3,(H,25,30)(H,26,28). The molecule has 1 aliphatic rings. The van der Waals surface area contributed by atoms with Crippen LogP contribution in [0.3, 0.4) is 0 Å². The number of carbonyl (C=O) groups is 3. The molecule has 9 heteroatoms. The van der Waals surface area contributed by atoms with Crippen LogP contribution in [0.2, 0.25) is 5.02 Å². The van der Waals surface area contributed by atoms with Crippen LogP contribution < -0.4 is 20.3 Å². The molecular formula is C22H23ClFN3O4. The van der Waals surface area contributed by atoms with Gasteiger partial charge in [0.1, 0.15) is 11.6 Å². The minimum atomic E-state index is -0.569. The zero-order valence-corrected chi connectivity index (χ0v) is 17.7. The lowest BCUT2D eigenvalue weighted by atomic mass is 10.1. The molecular weight excluding hydrogens is 425 g/mol. The van der Waals surface area contributed by atoms with Crippen molar-refractivity contribution in [2.45, 2.75) is 19.8 Å². The summed E-state index contributed by atoms with van der Waals surface area (Å²) in [6.45, 7) is 2.64. The van der Waals surface area contributed by atoms with Gasteiger partial charge in [-0.15, -0.1) is 0 Å². The molecule has 7 nitrogen and oxygen atoms in total. The summed E-state index contributed by atoms with van der Waals surface area (Å²) in [5, 5.41) is 5.30. The van der Waals surface area contributed by atoms with Gasteiger partial charge in [-0.2, -0.15) is 0 Å². The predicted octanol–water partition coefficient (Wildman–Crippen LogP) is 3.38.